The van der Waals surface area contributed by atoms with Gasteiger partial charge in [-0.3, -0.25) is 5.32 Å². The Hall–Kier alpha value is -1.46. The van der Waals surface area contributed by atoms with E-state index in [2.05, 4.69) is 46.3 Å². The molecule has 0 aliphatic carbocycles. The lowest BCUT2D eigenvalue weighted by molar-refractivity contribution is 0.0730. The fourth-order valence-electron chi connectivity index (χ4n) is 3.83. The van der Waals surface area contributed by atoms with Gasteiger partial charge in [0.25, 0.3) is 0 Å². The molecule has 0 aromatic heterocycles. The zero-order valence-electron chi connectivity index (χ0n) is 17.8. The zero-order chi connectivity index (χ0) is 21.7. The lowest BCUT2D eigenvalue weighted by Gasteiger charge is -2.26. The standard InChI is InChI=1S/C22H30N4O3S2/c1-25-22(20-5-2-3-6-21(20)30-25)24-12-4-11-23-17-18-7-9-19(10-8-18)31(27,28)26-13-15-29-16-14-26/h2-3,5-10,22-24H,4,11-17H2,1H3. The van der Waals surface area contributed by atoms with Crippen molar-refractivity contribution in [1.82, 2.24) is 19.2 Å². The number of hydrogen-bond donors (Lipinski definition) is 2. The summed E-state index contributed by atoms with van der Waals surface area (Å²) in [4.78, 5) is 1.67. The quantitative estimate of drug-likeness (QED) is 0.438. The van der Waals surface area contributed by atoms with Crippen molar-refractivity contribution in [1.29, 1.82) is 0 Å². The van der Waals surface area contributed by atoms with E-state index in [9.17, 15) is 8.42 Å². The molecule has 2 aromatic carbocycles. The third-order valence-electron chi connectivity index (χ3n) is 5.55. The summed E-state index contributed by atoms with van der Waals surface area (Å²) in [7, 11) is -1.31. The molecule has 2 aliphatic heterocycles. The van der Waals surface area contributed by atoms with Gasteiger partial charge in [0.1, 0.15) is 0 Å². The van der Waals surface area contributed by atoms with Gasteiger partial charge >= 0.3 is 0 Å². The molecule has 2 heterocycles. The summed E-state index contributed by atoms with van der Waals surface area (Å²) in [6, 6.07) is 15.7. The smallest absolute Gasteiger partial charge is 0.243 e. The first-order chi connectivity index (χ1) is 15.1. The Kier molecular flexibility index (Phi) is 7.65. The van der Waals surface area contributed by atoms with Crippen LogP contribution in [0.4, 0.5) is 0 Å². The van der Waals surface area contributed by atoms with Gasteiger partial charge in [0, 0.05) is 24.5 Å². The van der Waals surface area contributed by atoms with E-state index in [1.165, 1.54) is 14.8 Å². The number of rotatable bonds is 9. The maximum absolute atomic E-state index is 12.7. The van der Waals surface area contributed by atoms with Crippen molar-refractivity contribution >= 4 is 22.0 Å². The van der Waals surface area contributed by atoms with Crippen LogP contribution in [-0.4, -0.2) is 63.5 Å². The highest BCUT2D eigenvalue weighted by molar-refractivity contribution is 7.97. The van der Waals surface area contributed by atoms with Crippen LogP contribution in [0.25, 0.3) is 0 Å². The highest BCUT2D eigenvalue weighted by Gasteiger charge is 2.27. The van der Waals surface area contributed by atoms with Gasteiger partial charge in [-0.1, -0.05) is 30.3 Å². The highest BCUT2D eigenvalue weighted by atomic mass is 32.2. The third-order valence-corrected chi connectivity index (χ3v) is 8.53. The molecule has 2 N–H and O–H groups in total. The van der Waals surface area contributed by atoms with Crippen molar-refractivity contribution in [3.8, 4) is 0 Å². The second-order valence-corrected chi connectivity index (χ2v) is 10.9. The lowest BCUT2D eigenvalue weighted by atomic mass is 10.1. The molecule has 1 saturated heterocycles. The SMILES string of the molecule is CN1Sc2ccccc2C1NCCCNCc1ccc(S(=O)(=O)N2CCOCC2)cc1. The van der Waals surface area contributed by atoms with Gasteiger partial charge in [0.15, 0.2) is 0 Å². The van der Waals surface area contributed by atoms with Gasteiger partial charge in [-0.2, -0.15) is 4.31 Å². The van der Waals surface area contributed by atoms with Gasteiger partial charge in [0.05, 0.1) is 24.3 Å². The third kappa shape index (κ3) is 5.48. The van der Waals surface area contributed by atoms with Gasteiger partial charge < -0.3 is 10.1 Å². The first kappa shape index (κ1) is 22.7. The van der Waals surface area contributed by atoms with E-state index in [1.54, 1.807) is 24.1 Å². The zero-order valence-corrected chi connectivity index (χ0v) is 19.4. The van der Waals surface area contributed by atoms with Crippen LogP contribution in [0.2, 0.25) is 0 Å². The summed E-state index contributed by atoms with van der Waals surface area (Å²) in [5, 5.41) is 7.07. The van der Waals surface area contributed by atoms with Crippen molar-refractivity contribution in [2.75, 3.05) is 46.4 Å². The monoisotopic (exact) mass is 462 g/mol. The molecule has 9 heteroatoms. The number of morpholine rings is 1. The number of sulfonamides is 1. The predicted octanol–water partition coefficient (Wildman–Crippen LogP) is 2.43. The van der Waals surface area contributed by atoms with E-state index in [0.29, 0.717) is 31.2 Å². The summed E-state index contributed by atoms with van der Waals surface area (Å²) in [5.41, 5.74) is 2.42. The Morgan fingerprint density at radius 1 is 1.06 bits per heavy atom. The topological polar surface area (TPSA) is 73.9 Å². The summed E-state index contributed by atoms with van der Waals surface area (Å²) in [6.07, 6.45) is 1.27. The molecule has 1 fully saturated rings. The molecule has 4 rings (SSSR count). The Morgan fingerprint density at radius 2 is 1.81 bits per heavy atom. The lowest BCUT2D eigenvalue weighted by Crippen LogP contribution is -2.40. The number of ether oxygens (including phenoxy) is 1. The molecule has 0 radical (unpaired) electrons. The molecular formula is C22H30N4O3S2. The molecule has 168 valence electrons. The average molecular weight is 463 g/mol. The van der Waals surface area contributed by atoms with Crippen LogP contribution in [0.3, 0.4) is 0 Å². The molecule has 2 aromatic rings. The molecule has 0 bridgehead atoms. The van der Waals surface area contributed by atoms with Crippen LogP contribution in [-0.2, 0) is 21.3 Å². The maximum Gasteiger partial charge on any atom is 0.243 e. The van der Waals surface area contributed by atoms with Crippen molar-refractivity contribution in [2.24, 2.45) is 0 Å². The molecule has 0 spiro atoms. The summed E-state index contributed by atoms with van der Waals surface area (Å²) < 4.78 is 34.4. The van der Waals surface area contributed by atoms with Crippen molar-refractivity contribution in [3.63, 3.8) is 0 Å². The van der Waals surface area contributed by atoms with Crippen LogP contribution in [0.1, 0.15) is 23.7 Å². The van der Waals surface area contributed by atoms with Crippen LogP contribution >= 0.6 is 11.9 Å². The van der Waals surface area contributed by atoms with Crippen molar-refractivity contribution in [3.05, 3.63) is 59.7 Å². The largest absolute Gasteiger partial charge is 0.379 e. The van der Waals surface area contributed by atoms with Crippen molar-refractivity contribution < 1.29 is 13.2 Å². The number of nitrogens with zero attached hydrogens (tertiary/aromatic N) is 2. The Bertz CT molecular complexity index is 963. The van der Waals surface area contributed by atoms with E-state index in [4.69, 9.17) is 4.74 Å². The highest BCUT2D eigenvalue weighted by Crippen LogP contribution is 2.40. The van der Waals surface area contributed by atoms with Crippen LogP contribution in [0.5, 0.6) is 0 Å². The molecule has 0 amide bonds. The Balaban J connectivity index is 1.18. The van der Waals surface area contributed by atoms with Crippen LogP contribution in [0, 0.1) is 0 Å². The van der Waals surface area contributed by atoms with E-state index in [-0.39, 0.29) is 6.17 Å². The number of nitrogens with one attached hydrogen (secondary N) is 2. The maximum atomic E-state index is 12.7. The normalized spacial score (nSPS) is 20.1. The van der Waals surface area contributed by atoms with E-state index >= 15 is 0 Å². The fourth-order valence-corrected chi connectivity index (χ4v) is 6.27. The molecule has 7 nitrogen and oxygen atoms in total. The minimum Gasteiger partial charge on any atom is -0.379 e. The summed E-state index contributed by atoms with van der Waals surface area (Å²) in [6.45, 7) is 4.29. The van der Waals surface area contributed by atoms with Gasteiger partial charge in [-0.05, 0) is 67.8 Å². The second-order valence-electron chi connectivity index (χ2n) is 7.72. The molecule has 0 saturated carbocycles. The van der Waals surface area contributed by atoms with Crippen molar-refractivity contribution in [2.45, 2.75) is 28.9 Å². The van der Waals surface area contributed by atoms with Gasteiger partial charge in [-0.15, -0.1) is 0 Å². The number of hydrogen-bond acceptors (Lipinski definition) is 7. The summed E-state index contributed by atoms with van der Waals surface area (Å²) in [5.74, 6) is 0. The van der Waals surface area contributed by atoms with Crippen LogP contribution in [0.15, 0.2) is 58.3 Å². The minimum atomic E-state index is -3.43. The van der Waals surface area contributed by atoms with Gasteiger partial charge in [0.2, 0.25) is 10.0 Å². The molecule has 31 heavy (non-hydrogen) atoms. The minimum absolute atomic E-state index is 0.252. The first-order valence-corrected chi connectivity index (χ1v) is 12.9. The molecule has 1 atom stereocenters. The van der Waals surface area contributed by atoms with Gasteiger partial charge in [-0.25, -0.2) is 12.7 Å². The van der Waals surface area contributed by atoms with Crippen LogP contribution < -0.4 is 10.6 Å². The molecule has 1 unspecified atom stereocenters. The molecular weight excluding hydrogens is 432 g/mol. The van der Waals surface area contributed by atoms with E-state index < -0.39 is 10.0 Å². The second kappa shape index (κ2) is 10.4. The average Bonchev–Trinajstić information content (AvgIpc) is 3.12. The molecule has 2 aliphatic rings. The number of fused-ring (bicyclic) bond motifs is 1. The van der Waals surface area contributed by atoms with E-state index in [0.717, 1.165) is 31.6 Å². The summed E-state index contributed by atoms with van der Waals surface area (Å²) >= 11 is 1.78. The Labute approximate surface area is 189 Å². The Morgan fingerprint density at radius 3 is 2.58 bits per heavy atom. The number of benzene rings is 2. The predicted molar refractivity (Wildman–Crippen MR) is 123 cm³/mol. The fraction of sp³-hybridized carbons (Fsp3) is 0.455. The first-order valence-electron chi connectivity index (χ1n) is 10.7. The van der Waals surface area contributed by atoms with E-state index in [1.807, 2.05) is 12.1 Å².